The van der Waals surface area contributed by atoms with Crippen molar-refractivity contribution in [1.82, 2.24) is 25.0 Å². The van der Waals surface area contributed by atoms with Crippen LogP contribution in [0.25, 0.3) is 11.4 Å². The minimum atomic E-state index is -0.205. The summed E-state index contributed by atoms with van der Waals surface area (Å²) < 4.78 is 12.3. The number of carbonyl (C=O) groups excluding carboxylic acids is 1. The molecule has 0 saturated carbocycles. The van der Waals surface area contributed by atoms with E-state index in [9.17, 15) is 4.79 Å². The minimum Gasteiger partial charge on any atom is -0.497 e. The molecule has 0 atom stereocenters. The van der Waals surface area contributed by atoms with Crippen molar-refractivity contribution in [3.05, 3.63) is 84.3 Å². The number of carbonyl (C=O) groups is 1. The first-order valence-corrected chi connectivity index (χ1v) is 9.01. The topological polar surface area (TPSA) is 95.1 Å². The molecule has 2 aromatic carbocycles. The third-order valence-corrected chi connectivity index (χ3v) is 4.36. The zero-order valence-electron chi connectivity index (χ0n) is 15.8. The van der Waals surface area contributed by atoms with E-state index < -0.39 is 0 Å². The molecule has 0 aliphatic rings. The fourth-order valence-corrected chi connectivity index (χ4v) is 2.79. The van der Waals surface area contributed by atoms with Crippen molar-refractivity contribution in [3.63, 3.8) is 0 Å². The van der Waals surface area contributed by atoms with Crippen LogP contribution in [-0.4, -0.2) is 32.7 Å². The van der Waals surface area contributed by atoms with Gasteiger partial charge < -0.3 is 19.1 Å². The average Bonchev–Trinajstić information content (AvgIpc) is 3.45. The Labute approximate surface area is 167 Å². The average molecular weight is 389 g/mol. The van der Waals surface area contributed by atoms with E-state index in [2.05, 4.69) is 20.4 Å². The highest BCUT2D eigenvalue weighted by molar-refractivity contribution is 5.94. The second-order valence-corrected chi connectivity index (χ2v) is 6.35. The molecule has 0 spiro atoms. The lowest BCUT2D eigenvalue weighted by Crippen LogP contribution is -2.22. The van der Waals surface area contributed by atoms with Crippen LogP contribution >= 0.6 is 0 Å². The Morgan fingerprint density at radius 3 is 2.62 bits per heavy atom. The normalized spacial score (nSPS) is 10.7. The SMILES string of the molecule is COc1ccc(-c2noc(CNC(=O)c3ccc(Cn4ccnc4)cc3)n2)cc1. The number of hydrogen-bond acceptors (Lipinski definition) is 6. The lowest BCUT2D eigenvalue weighted by Gasteiger charge is -2.05. The van der Waals surface area contributed by atoms with E-state index in [0.717, 1.165) is 16.9 Å². The summed E-state index contributed by atoms with van der Waals surface area (Å²) in [5, 5.41) is 6.75. The lowest BCUT2D eigenvalue weighted by atomic mass is 10.1. The number of benzene rings is 2. The Hall–Kier alpha value is -3.94. The Bertz CT molecular complexity index is 1070. The number of nitrogens with zero attached hydrogens (tertiary/aromatic N) is 4. The molecule has 8 heteroatoms. The zero-order chi connectivity index (χ0) is 20.1. The quantitative estimate of drug-likeness (QED) is 0.522. The van der Waals surface area contributed by atoms with E-state index in [1.807, 2.05) is 47.2 Å². The maximum atomic E-state index is 12.4. The molecule has 0 saturated heterocycles. The molecule has 8 nitrogen and oxygen atoms in total. The highest BCUT2D eigenvalue weighted by Gasteiger charge is 2.11. The maximum Gasteiger partial charge on any atom is 0.251 e. The molecule has 0 unspecified atom stereocenters. The predicted octanol–water partition coefficient (Wildman–Crippen LogP) is 2.92. The van der Waals surface area contributed by atoms with Crippen molar-refractivity contribution in [1.29, 1.82) is 0 Å². The smallest absolute Gasteiger partial charge is 0.251 e. The summed E-state index contributed by atoms with van der Waals surface area (Å²) in [6.07, 6.45) is 5.38. The van der Waals surface area contributed by atoms with Gasteiger partial charge >= 0.3 is 0 Å². The number of ether oxygens (including phenoxy) is 1. The molecule has 146 valence electrons. The van der Waals surface area contributed by atoms with Crippen molar-refractivity contribution in [2.75, 3.05) is 7.11 Å². The van der Waals surface area contributed by atoms with Crippen LogP contribution in [0.4, 0.5) is 0 Å². The molecular formula is C21H19N5O3. The summed E-state index contributed by atoms with van der Waals surface area (Å²) >= 11 is 0. The molecule has 29 heavy (non-hydrogen) atoms. The second-order valence-electron chi connectivity index (χ2n) is 6.35. The fourth-order valence-electron chi connectivity index (χ4n) is 2.79. The van der Waals surface area contributed by atoms with Crippen LogP contribution in [-0.2, 0) is 13.1 Å². The van der Waals surface area contributed by atoms with E-state index in [0.29, 0.717) is 23.8 Å². The minimum absolute atomic E-state index is 0.152. The van der Waals surface area contributed by atoms with Crippen LogP contribution in [0.5, 0.6) is 5.75 Å². The molecule has 0 bridgehead atoms. The maximum absolute atomic E-state index is 12.4. The first-order valence-electron chi connectivity index (χ1n) is 9.01. The summed E-state index contributed by atoms with van der Waals surface area (Å²) in [7, 11) is 1.61. The van der Waals surface area contributed by atoms with Crippen LogP contribution in [0.1, 0.15) is 21.8 Å². The third-order valence-electron chi connectivity index (χ3n) is 4.36. The Morgan fingerprint density at radius 1 is 1.14 bits per heavy atom. The summed E-state index contributed by atoms with van der Waals surface area (Å²) in [4.78, 5) is 20.7. The number of nitrogens with one attached hydrogen (secondary N) is 1. The fraction of sp³-hybridized carbons (Fsp3) is 0.143. The summed E-state index contributed by atoms with van der Waals surface area (Å²) in [5.41, 5.74) is 2.45. The van der Waals surface area contributed by atoms with Gasteiger partial charge in [0.25, 0.3) is 5.91 Å². The Balaban J connectivity index is 1.34. The van der Waals surface area contributed by atoms with E-state index in [4.69, 9.17) is 9.26 Å². The third kappa shape index (κ3) is 4.49. The molecule has 4 aromatic rings. The van der Waals surface area contributed by atoms with Crippen LogP contribution in [0.15, 0.2) is 71.8 Å². The van der Waals surface area contributed by atoms with Crippen molar-refractivity contribution >= 4 is 5.91 Å². The van der Waals surface area contributed by atoms with Crippen molar-refractivity contribution in [2.45, 2.75) is 13.1 Å². The number of amides is 1. The zero-order valence-corrected chi connectivity index (χ0v) is 15.8. The second kappa shape index (κ2) is 8.39. The number of methoxy groups -OCH3 is 1. The monoisotopic (exact) mass is 389 g/mol. The number of hydrogen-bond donors (Lipinski definition) is 1. The van der Waals surface area contributed by atoms with Crippen molar-refractivity contribution < 1.29 is 14.1 Å². The van der Waals surface area contributed by atoms with Gasteiger partial charge in [-0.25, -0.2) is 4.98 Å². The van der Waals surface area contributed by atoms with E-state index in [1.165, 1.54) is 0 Å². The standard InChI is InChI=1S/C21H19N5O3/c1-28-18-8-6-16(7-9-18)20-24-19(29-25-20)12-23-21(27)17-4-2-15(3-5-17)13-26-11-10-22-14-26/h2-11,14H,12-13H2,1H3,(H,23,27). The highest BCUT2D eigenvalue weighted by atomic mass is 16.5. The summed E-state index contributed by atoms with van der Waals surface area (Å²) in [6.45, 7) is 0.858. The van der Waals surface area contributed by atoms with Gasteiger partial charge in [-0.1, -0.05) is 17.3 Å². The van der Waals surface area contributed by atoms with Crippen molar-refractivity contribution in [3.8, 4) is 17.1 Å². The molecule has 0 aliphatic carbocycles. The molecule has 1 amide bonds. The molecule has 0 aliphatic heterocycles. The summed E-state index contributed by atoms with van der Waals surface area (Å²) in [5.74, 6) is 1.34. The van der Waals surface area contributed by atoms with Crippen LogP contribution in [0, 0.1) is 0 Å². The lowest BCUT2D eigenvalue weighted by molar-refractivity contribution is 0.0946. The molecule has 1 N–H and O–H groups in total. The molecule has 2 aromatic heterocycles. The predicted molar refractivity (Wildman–Crippen MR) is 105 cm³/mol. The van der Waals surface area contributed by atoms with E-state index in [-0.39, 0.29) is 12.5 Å². The van der Waals surface area contributed by atoms with Crippen LogP contribution in [0.3, 0.4) is 0 Å². The van der Waals surface area contributed by atoms with E-state index in [1.54, 1.807) is 31.8 Å². The number of imidazole rings is 1. The van der Waals surface area contributed by atoms with Gasteiger partial charge in [0.05, 0.1) is 20.0 Å². The van der Waals surface area contributed by atoms with Gasteiger partial charge in [-0.05, 0) is 42.0 Å². The van der Waals surface area contributed by atoms with Gasteiger partial charge in [-0.15, -0.1) is 0 Å². The highest BCUT2D eigenvalue weighted by Crippen LogP contribution is 2.19. The largest absolute Gasteiger partial charge is 0.497 e. The molecule has 2 heterocycles. The summed E-state index contributed by atoms with van der Waals surface area (Å²) in [6, 6.07) is 14.8. The van der Waals surface area contributed by atoms with Crippen LogP contribution < -0.4 is 10.1 Å². The molecule has 0 radical (unpaired) electrons. The Kier molecular flexibility index (Phi) is 5.33. The van der Waals surface area contributed by atoms with Gasteiger partial charge in [0, 0.05) is 30.1 Å². The first-order chi connectivity index (χ1) is 14.2. The van der Waals surface area contributed by atoms with Gasteiger partial charge in [-0.3, -0.25) is 4.79 Å². The van der Waals surface area contributed by atoms with Crippen LogP contribution in [0.2, 0.25) is 0 Å². The number of rotatable bonds is 7. The van der Waals surface area contributed by atoms with Gasteiger partial charge in [0.15, 0.2) is 0 Å². The van der Waals surface area contributed by atoms with Gasteiger partial charge in [0.2, 0.25) is 11.7 Å². The van der Waals surface area contributed by atoms with Crippen molar-refractivity contribution in [2.24, 2.45) is 0 Å². The molecular weight excluding hydrogens is 370 g/mol. The number of aromatic nitrogens is 4. The Morgan fingerprint density at radius 2 is 1.93 bits per heavy atom. The van der Waals surface area contributed by atoms with E-state index >= 15 is 0 Å². The first kappa shape index (κ1) is 18.4. The van der Waals surface area contributed by atoms with Gasteiger partial charge in [0.1, 0.15) is 5.75 Å². The molecule has 4 rings (SSSR count). The molecule has 0 fully saturated rings. The van der Waals surface area contributed by atoms with Gasteiger partial charge in [-0.2, -0.15) is 4.98 Å².